The first-order chi connectivity index (χ1) is 23.6. The van der Waals surface area contributed by atoms with E-state index in [1.54, 1.807) is 24.4 Å². The van der Waals surface area contributed by atoms with E-state index >= 15 is 0 Å². The van der Waals surface area contributed by atoms with Gasteiger partial charge < -0.3 is 25.0 Å². The molecule has 0 aliphatic carbocycles. The molecule has 2 atom stereocenters. The Morgan fingerprint density at radius 3 is 2.67 bits per heavy atom. The number of amides is 3. The summed E-state index contributed by atoms with van der Waals surface area (Å²) in [5.41, 5.74) is 3.02. The van der Waals surface area contributed by atoms with E-state index < -0.39 is 29.8 Å². The fourth-order valence-corrected chi connectivity index (χ4v) is 6.25. The molecule has 2 N–H and O–H groups in total. The average molecular weight is 674 g/mol. The first-order valence-electron chi connectivity index (χ1n) is 16.8. The number of nitrogens with one attached hydrogen (secondary N) is 2. The monoisotopic (exact) mass is 673 g/mol. The van der Waals surface area contributed by atoms with Crippen molar-refractivity contribution < 1.29 is 33.0 Å². The first-order valence-corrected chi connectivity index (χ1v) is 16.8. The maximum absolute atomic E-state index is 14.9. The Kier molecular flexibility index (Phi) is 12.0. The Balaban J connectivity index is 1.46. The van der Waals surface area contributed by atoms with Crippen molar-refractivity contribution in [2.24, 2.45) is 5.92 Å². The molecule has 0 spiro atoms. The number of carbonyl (C=O) groups is 4. The normalized spacial score (nSPS) is 19.5. The Labute approximate surface area is 286 Å². The Bertz CT molecular complexity index is 1650. The van der Waals surface area contributed by atoms with Crippen molar-refractivity contribution >= 4 is 23.7 Å². The molecule has 1 aromatic heterocycles. The fraction of sp³-hybridized carbons (Fsp3) is 0.432. The largest absolute Gasteiger partial charge is 0.482 e. The van der Waals surface area contributed by atoms with E-state index in [1.165, 1.54) is 18.1 Å². The minimum absolute atomic E-state index is 0.0259. The third kappa shape index (κ3) is 9.20. The lowest BCUT2D eigenvalue weighted by Gasteiger charge is -2.32. The number of halogens is 1. The van der Waals surface area contributed by atoms with E-state index in [0.717, 1.165) is 16.8 Å². The van der Waals surface area contributed by atoms with E-state index in [4.69, 9.17) is 9.47 Å². The molecule has 12 heteroatoms. The number of rotatable bonds is 7. The zero-order valence-corrected chi connectivity index (χ0v) is 28.2. The molecule has 2 bridgehead atoms. The number of esters is 1. The Morgan fingerprint density at radius 1 is 1.08 bits per heavy atom. The molecule has 1 fully saturated rings. The van der Waals surface area contributed by atoms with Crippen LogP contribution in [-0.4, -0.2) is 90.5 Å². The van der Waals surface area contributed by atoms with Crippen molar-refractivity contribution in [3.63, 3.8) is 0 Å². The molecule has 3 heterocycles. The molecule has 2 aliphatic rings. The number of hydrogen-bond donors (Lipinski definition) is 2. The Morgan fingerprint density at radius 2 is 1.92 bits per heavy atom. The molecular weight excluding hydrogens is 629 g/mol. The summed E-state index contributed by atoms with van der Waals surface area (Å²) in [6.07, 6.45) is 3.92. The van der Waals surface area contributed by atoms with Crippen molar-refractivity contribution in [3.8, 4) is 17.0 Å². The van der Waals surface area contributed by atoms with Gasteiger partial charge in [0.2, 0.25) is 11.8 Å². The number of pyridine rings is 1. The van der Waals surface area contributed by atoms with Crippen LogP contribution in [-0.2, 0) is 32.1 Å². The molecule has 0 radical (unpaired) electrons. The number of hydrogen-bond acceptors (Lipinski definition) is 8. The van der Waals surface area contributed by atoms with E-state index in [0.29, 0.717) is 56.6 Å². The van der Waals surface area contributed by atoms with Crippen LogP contribution in [0.15, 0.2) is 60.8 Å². The predicted molar refractivity (Wildman–Crippen MR) is 181 cm³/mol. The second-order valence-corrected chi connectivity index (χ2v) is 12.9. The van der Waals surface area contributed by atoms with Crippen molar-refractivity contribution in [2.45, 2.75) is 58.2 Å². The minimum Gasteiger partial charge on any atom is -0.482 e. The highest BCUT2D eigenvalue weighted by atomic mass is 19.1. The van der Waals surface area contributed by atoms with Gasteiger partial charge in [-0.2, -0.15) is 0 Å². The third-order valence-electron chi connectivity index (χ3n) is 8.98. The van der Waals surface area contributed by atoms with Crippen LogP contribution < -0.4 is 15.4 Å². The smallest absolute Gasteiger partial charge is 0.343 e. The average Bonchev–Trinajstić information content (AvgIpc) is 3.60. The summed E-state index contributed by atoms with van der Waals surface area (Å²) in [5, 5.41) is 6.14. The minimum atomic E-state index is -0.738. The van der Waals surface area contributed by atoms with Crippen LogP contribution in [0.5, 0.6) is 5.75 Å². The standard InChI is InChI=1S/C37H44FN5O6/c1-24(2)31-21-42(20-27-19-26(30-9-4-5-15-39-30)12-14-33(27)49-23-35(45)48-3)22-34(44)40-16-6-8-25-11-13-29(38)28(18-25)37(47)43-17-7-10-32(43)36(46)41-31/h4-5,9,11-15,18-19,24,31-32H,6-8,10,16-17,20-23H2,1-3H3,(H,40,44)(H,41,46)/t31-,32-/m0/s1. The van der Waals surface area contributed by atoms with Gasteiger partial charge >= 0.3 is 5.97 Å². The van der Waals surface area contributed by atoms with Crippen molar-refractivity contribution in [1.82, 2.24) is 25.4 Å². The third-order valence-corrected chi connectivity index (χ3v) is 8.98. The van der Waals surface area contributed by atoms with E-state index in [9.17, 15) is 23.6 Å². The molecule has 2 aromatic carbocycles. The molecule has 260 valence electrons. The zero-order valence-electron chi connectivity index (χ0n) is 28.2. The summed E-state index contributed by atoms with van der Waals surface area (Å²) >= 11 is 0. The van der Waals surface area contributed by atoms with E-state index in [2.05, 4.69) is 15.6 Å². The molecular formula is C37H44FN5O6. The second kappa shape index (κ2) is 16.5. The number of aromatic nitrogens is 1. The van der Waals surface area contributed by atoms with Gasteiger partial charge in [-0.15, -0.1) is 0 Å². The lowest BCUT2D eigenvalue weighted by atomic mass is 10.0. The van der Waals surface area contributed by atoms with Gasteiger partial charge in [0, 0.05) is 49.5 Å². The first kappa shape index (κ1) is 35.5. The maximum Gasteiger partial charge on any atom is 0.343 e. The lowest BCUT2D eigenvalue weighted by molar-refractivity contribution is -0.143. The molecule has 3 amide bonds. The van der Waals surface area contributed by atoms with Crippen LogP contribution >= 0.6 is 0 Å². The SMILES string of the molecule is COC(=O)COc1ccc(-c2ccccn2)cc1CN1CC(=O)NCCCc2ccc(F)c(c2)C(=O)N2CCC[C@H]2C(=O)N[C@H](C(C)C)C1. The summed E-state index contributed by atoms with van der Waals surface area (Å²) in [4.78, 5) is 60.6. The molecule has 3 aromatic rings. The van der Waals surface area contributed by atoms with Gasteiger partial charge in [-0.1, -0.05) is 26.0 Å². The van der Waals surface area contributed by atoms with Gasteiger partial charge in [0.1, 0.15) is 17.6 Å². The molecule has 0 saturated carbocycles. The number of ether oxygens (including phenoxy) is 2. The summed E-state index contributed by atoms with van der Waals surface area (Å²) in [6, 6.07) is 14.5. The number of methoxy groups -OCH3 is 1. The van der Waals surface area contributed by atoms with Crippen molar-refractivity contribution in [1.29, 1.82) is 0 Å². The highest BCUT2D eigenvalue weighted by Crippen LogP contribution is 2.28. The lowest BCUT2D eigenvalue weighted by Crippen LogP contribution is -2.53. The zero-order chi connectivity index (χ0) is 34.9. The van der Waals surface area contributed by atoms with Gasteiger partial charge in [-0.3, -0.25) is 24.3 Å². The van der Waals surface area contributed by atoms with Crippen LogP contribution in [0.1, 0.15) is 54.6 Å². The molecule has 1 saturated heterocycles. The number of aryl methyl sites for hydroxylation is 1. The topological polar surface area (TPSA) is 130 Å². The van der Waals surface area contributed by atoms with E-state index in [-0.39, 0.29) is 43.0 Å². The highest BCUT2D eigenvalue weighted by molar-refractivity contribution is 5.98. The van der Waals surface area contributed by atoms with Crippen molar-refractivity contribution in [3.05, 3.63) is 83.3 Å². The molecule has 11 nitrogen and oxygen atoms in total. The van der Waals surface area contributed by atoms with Crippen LogP contribution in [0, 0.1) is 11.7 Å². The highest BCUT2D eigenvalue weighted by Gasteiger charge is 2.37. The van der Waals surface area contributed by atoms with Gasteiger partial charge in [-0.25, -0.2) is 9.18 Å². The number of benzene rings is 2. The summed E-state index contributed by atoms with van der Waals surface area (Å²) in [5.74, 6) is -1.74. The molecule has 2 aliphatic heterocycles. The molecule has 49 heavy (non-hydrogen) atoms. The number of fused-ring (bicyclic) bond motifs is 3. The van der Waals surface area contributed by atoms with E-state index in [1.807, 2.05) is 49.1 Å². The summed E-state index contributed by atoms with van der Waals surface area (Å²) < 4.78 is 25.6. The summed E-state index contributed by atoms with van der Waals surface area (Å²) in [6.45, 7) is 5.00. The number of nitrogens with zero attached hydrogens (tertiary/aromatic N) is 3. The molecule has 0 unspecified atom stereocenters. The predicted octanol–water partition coefficient (Wildman–Crippen LogP) is 3.75. The summed E-state index contributed by atoms with van der Waals surface area (Å²) in [7, 11) is 1.29. The Hall–Kier alpha value is -4.84. The second-order valence-electron chi connectivity index (χ2n) is 12.9. The van der Waals surface area contributed by atoms with Gasteiger partial charge in [-0.05, 0) is 79.6 Å². The maximum atomic E-state index is 14.9. The van der Waals surface area contributed by atoms with Gasteiger partial charge in [0.15, 0.2) is 6.61 Å². The van der Waals surface area contributed by atoms with Gasteiger partial charge in [0.25, 0.3) is 5.91 Å². The van der Waals surface area contributed by atoms with Crippen LogP contribution in [0.2, 0.25) is 0 Å². The van der Waals surface area contributed by atoms with Gasteiger partial charge in [0.05, 0.1) is 24.9 Å². The quantitative estimate of drug-likeness (QED) is 0.363. The fourth-order valence-electron chi connectivity index (χ4n) is 6.25. The van der Waals surface area contributed by atoms with Crippen LogP contribution in [0.4, 0.5) is 4.39 Å². The van der Waals surface area contributed by atoms with Crippen molar-refractivity contribution in [2.75, 3.05) is 39.9 Å². The van der Waals surface area contributed by atoms with Crippen LogP contribution in [0.3, 0.4) is 0 Å². The number of carbonyl (C=O) groups excluding carboxylic acids is 4. The molecule has 5 rings (SSSR count). The van der Waals surface area contributed by atoms with Crippen LogP contribution in [0.25, 0.3) is 11.3 Å².